The Labute approximate surface area is 238 Å². The van der Waals surface area contributed by atoms with E-state index in [0.29, 0.717) is 6.42 Å². The first-order valence-electron chi connectivity index (χ1n) is 12.7. The third-order valence-corrected chi connectivity index (χ3v) is 8.11. The molecule has 12 heteroatoms. The zero-order valence-corrected chi connectivity index (χ0v) is 23.3. The Morgan fingerprint density at radius 2 is 1.76 bits per heavy atom. The van der Waals surface area contributed by atoms with Gasteiger partial charge in [-0.1, -0.05) is 48.5 Å². The Morgan fingerprint density at radius 3 is 2.37 bits per heavy atom. The second-order valence-corrected chi connectivity index (χ2v) is 11.1. The Hall–Kier alpha value is -4.39. The van der Waals surface area contributed by atoms with Gasteiger partial charge in [-0.2, -0.15) is 0 Å². The predicted octanol–water partition coefficient (Wildman–Crippen LogP) is 3.56. The number of hydrogen-bond donors (Lipinski definition) is 4. The summed E-state index contributed by atoms with van der Waals surface area (Å²) in [6.45, 7) is 0.0528. The third-order valence-electron chi connectivity index (χ3n) is 6.68. The van der Waals surface area contributed by atoms with Gasteiger partial charge in [0.25, 0.3) is 5.91 Å². The Kier molecular flexibility index (Phi) is 9.28. The van der Waals surface area contributed by atoms with Crippen molar-refractivity contribution >= 4 is 33.3 Å². The van der Waals surface area contributed by atoms with Gasteiger partial charge in [0.15, 0.2) is 11.5 Å². The molecule has 0 fully saturated rings. The highest BCUT2D eigenvalue weighted by atomic mass is 32.2. The summed E-state index contributed by atoms with van der Waals surface area (Å²) < 4.78 is 37.7. The van der Waals surface area contributed by atoms with E-state index in [-0.39, 0.29) is 47.4 Å². The van der Waals surface area contributed by atoms with Crippen molar-refractivity contribution in [3.63, 3.8) is 0 Å². The lowest BCUT2D eigenvalue weighted by atomic mass is 9.95. The molecule has 11 nitrogen and oxygen atoms in total. The van der Waals surface area contributed by atoms with Crippen LogP contribution in [0.25, 0.3) is 5.57 Å². The van der Waals surface area contributed by atoms with Gasteiger partial charge in [0.05, 0.1) is 35.9 Å². The van der Waals surface area contributed by atoms with Crippen molar-refractivity contribution in [2.24, 2.45) is 0 Å². The number of carbonyl (C=O) groups is 2. The standard InChI is InChI=1S/C29H31N3O8S/c1-30-41(37,38)23-10-8-20(9-11-23)21-12-13-32(22(14-21)17-33)28(34)24-15-26(39-2)27(16-25(24)31-29(35)36)40-18-19-6-4-3-5-7-19/h3-11,14-16,22,30-31,33H,12-13,17-18H2,1-2H3,(H,35,36). The van der Waals surface area contributed by atoms with Crippen LogP contribution in [0.15, 0.2) is 77.7 Å². The number of aliphatic hydroxyl groups is 1. The van der Waals surface area contributed by atoms with Gasteiger partial charge >= 0.3 is 6.09 Å². The van der Waals surface area contributed by atoms with Crippen molar-refractivity contribution in [2.75, 3.05) is 32.6 Å². The number of amides is 2. The Bertz CT molecular complexity index is 1540. The maximum atomic E-state index is 13.7. The molecule has 4 rings (SSSR count). The molecule has 216 valence electrons. The number of nitrogens with one attached hydrogen (secondary N) is 2. The second-order valence-electron chi connectivity index (χ2n) is 9.18. The summed E-state index contributed by atoms with van der Waals surface area (Å²) >= 11 is 0. The molecular formula is C29H31N3O8S. The summed E-state index contributed by atoms with van der Waals surface area (Å²) in [4.78, 5) is 26.9. The summed E-state index contributed by atoms with van der Waals surface area (Å²) in [7, 11) is -0.825. The SMILES string of the molecule is CNS(=O)(=O)c1ccc(C2=CC(CO)N(C(=O)c3cc(OC)c(OCc4ccccc4)cc3NC(=O)O)CC2)cc1. The molecule has 0 radical (unpaired) electrons. The van der Waals surface area contributed by atoms with E-state index in [1.54, 1.807) is 18.2 Å². The van der Waals surface area contributed by atoms with Gasteiger partial charge in [-0.05, 0) is 48.4 Å². The van der Waals surface area contributed by atoms with E-state index in [9.17, 15) is 28.2 Å². The van der Waals surface area contributed by atoms with Gasteiger partial charge < -0.3 is 24.6 Å². The summed E-state index contributed by atoms with van der Waals surface area (Å²) in [5.41, 5.74) is 2.54. The van der Waals surface area contributed by atoms with Crippen LogP contribution < -0.4 is 19.5 Å². The lowest BCUT2D eigenvalue weighted by Crippen LogP contribution is -2.44. The zero-order chi connectivity index (χ0) is 29.6. The Balaban J connectivity index is 1.62. The molecule has 2 amide bonds. The molecule has 0 spiro atoms. The van der Waals surface area contributed by atoms with Gasteiger partial charge in [-0.15, -0.1) is 0 Å². The van der Waals surface area contributed by atoms with Crippen LogP contribution >= 0.6 is 0 Å². The number of carboxylic acid groups (broad SMARTS) is 1. The van der Waals surface area contributed by atoms with Crippen molar-refractivity contribution < 1.29 is 37.7 Å². The molecule has 0 aliphatic carbocycles. The summed E-state index contributed by atoms with van der Waals surface area (Å²) in [6, 6.07) is 17.8. The molecule has 0 saturated heterocycles. The van der Waals surface area contributed by atoms with Crippen molar-refractivity contribution in [2.45, 2.75) is 24.0 Å². The number of rotatable bonds is 10. The molecule has 0 saturated carbocycles. The zero-order valence-electron chi connectivity index (χ0n) is 22.5. The maximum absolute atomic E-state index is 13.7. The highest BCUT2D eigenvalue weighted by molar-refractivity contribution is 7.89. The third kappa shape index (κ3) is 6.85. The summed E-state index contributed by atoms with van der Waals surface area (Å²) in [5.74, 6) is -0.0167. The topological polar surface area (TPSA) is 154 Å². The molecule has 1 aliphatic rings. The molecule has 1 atom stereocenters. The van der Waals surface area contributed by atoms with Crippen LogP contribution in [0, 0.1) is 0 Å². The quantitative estimate of drug-likeness (QED) is 0.283. The molecule has 41 heavy (non-hydrogen) atoms. The average Bonchev–Trinajstić information content (AvgIpc) is 2.99. The van der Waals surface area contributed by atoms with Gasteiger partial charge in [-0.25, -0.2) is 17.9 Å². The van der Waals surface area contributed by atoms with Crippen LogP contribution in [0.2, 0.25) is 0 Å². The molecule has 3 aromatic rings. The maximum Gasteiger partial charge on any atom is 0.409 e. The minimum absolute atomic E-state index is 0.0131. The van der Waals surface area contributed by atoms with Crippen LogP contribution in [-0.4, -0.2) is 68.9 Å². The highest BCUT2D eigenvalue weighted by Crippen LogP contribution is 2.36. The fraction of sp³-hybridized carbons (Fsp3) is 0.241. The largest absolute Gasteiger partial charge is 0.493 e. The molecule has 1 unspecified atom stereocenters. The summed E-state index contributed by atoms with van der Waals surface area (Å²) in [5, 5.41) is 21.9. The molecule has 1 heterocycles. The number of benzene rings is 3. The second kappa shape index (κ2) is 12.9. The predicted molar refractivity (Wildman–Crippen MR) is 153 cm³/mol. The van der Waals surface area contributed by atoms with Crippen LogP contribution in [-0.2, 0) is 16.6 Å². The van der Waals surface area contributed by atoms with Gasteiger partial charge in [0.2, 0.25) is 10.0 Å². The van der Waals surface area contributed by atoms with Gasteiger partial charge in [0.1, 0.15) is 6.61 Å². The van der Waals surface area contributed by atoms with Crippen molar-refractivity contribution in [3.05, 3.63) is 89.5 Å². The van der Waals surface area contributed by atoms with Crippen LogP contribution in [0.3, 0.4) is 0 Å². The number of ether oxygens (including phenoxy) is 2. The van der Waals surface area contributed by atoms with E-state index >= 15 is 0 Å². The van der Waals surface area contributed by atoms with E-state index < -0.39 is 28.1 Å². The number of anilines is 1. The van der Waals surface area contributed by atoms with Crippen molar-refractivity contribution in [1.82, 2.24) is 9.62 Å². The lowest BCUT2D eigenvalue weighted by molar-refractivity contribution is 0.0648. The molecule has 4 N–H and O–H groups in total. The van der Waals surface area contributed by atoms with Crippen molar-refractivity contribution in [3.8, 4) is 11.5 Å². The first-order chi connectivity index (χ1) is 19.7. The summed E-state index contributed by atoms with van der Waals surface area (Å²) in [6.07, 6.45) is 0.820. The molecule has 3 aromatic carbocycles. The molecule has 0 bridgehead atoms. The van der Waals surface area contributed by atoms with E-state index in [1.807, 2.05) is 30.3 Å². The highest BCUT2D eigenvalue weighted by Gasteiger charge is 2.30. The molecule has 0 aromatic heterocycles. The number of sulfonamides is 1. The van der Waals surface area contributed by atoms with E-state index in [1.165, 1.54) is 43.3 Å². The number of nitrogens with zero attached hydrogens (tertiary/aromatic N) is 1. The minimum Gasteiger partial charge on any atom is -0.493 e. The first-order valence-corrected chi connectivity index (χ1v) is 14.2. The number of carbonyl (C=O) groups excluding carboxylic acids is 1. The first kappa shape index (κ1) is 29.6. The van der Waals surface area contributed by atoms with Crippen LogP contribution in [0.4, 0.5) is 10.5 Å². The van der Waals surface area contributed by atoms with E-state index in [4.69, 9.17) is 9.47 Å². The van der Waals surface area contributed by atoms with Crippen molar-refractivity contribution in [1.29, 1.82) is 0 Å². The average molecular weight is 582 g/mol. The fourth-order valence-electron chi connectivity index (χ4n) is 4.54. The smallest absolute Gasteiger partial charge is 0.409 e. The van der Waals surface area contributed by atoms with Gasteiger partial charge in [0, 0.05) is 12.6 Å². The Morgan fingerprint density at radius 1 is 1.05 bits per heavy atom. The minimum atomic E-state index is -3.58. The lowest BCUT2D eigenvalue weighted by Gasteiger charge is -2.34. The van der Waals surface area contributed by atoms with E-state index in [2.05, 4.69) is 10.0 Å². The molecule has 1 aliphatic heterocycles. The monoisotopic (exact) mass is 581 g/mol. The van der Waals surface area contributed by atoms with E-state index in [0.717, 1.165) is 16.7 Å². The number of hydrogen-bond acceptors (Lipinski definition) is 7. The fourth-order valence-corrected chi connectivity index (χ4v) is 5.27. The number of methoxy groups -OCH3 is 1. The van der Waals surface area contributed by atoms with Gasteiger partial charge in [-0.3, -0.25) is 10.1 Å². The number of aliphatic hydroxyl groups excluding tert-OH is 1. The van der Waals surface area contributed by atoms with Crippen LogP contribution in [0.1, 0.15) is 27.9 Å². The molecular weight excluding hydrogens is 550 g/mol. The van der Waals surface area contributed by atoms with Crippen LogP contribution in [0.5, 0.6) is 11.5 Å². The normalized spacial score (nSPS) is 15.1.